The highest BCUT2D eigenvalue weighted by Crippen LogP contribution is 2.08. The Morgan fingerprint density at radius 2 is 1.83 bits per heavy atom. The lowest BCUT2D eigenvalue weighted by Crippen LogP contribution is -2.26. The fraction of sp³-hybridized carbons (Fsp3) is 0.412. The number of nitrogens with two attached hydrogens (primary N) is 1. The molecule has 0 bridgehead atoms. The topological polar surface area (TPSA) is 103 Å². The van der Waals surface area contributed by atoms with Crippen LogP contribution in [0.5, 0.6) is 0 Å². The summed E-state index contributed by atoms with van der Waals surface area (Å²) >= 11 is 0. The number of hydrazone groups is 1. The second-order valence-corrected chi connectivity index (χ2v) is 6.00. The summed E-state index contributed by atoms with van der Waals surface area (Å²) < 4.78 is 10.2. The van der Waals surface area contributed by atoms with Crippen LogP contribution in [-0.4, -0.2) is 36.0 Å². The quantitative estimate of drug-likeness (QED) is 0.355. The van der Waals surface area contributed by atoms with Crippen LogP contribution in [0.1, 0.15) is 32.8 Å². The Kier molecular flexibility index (Phi) is 7.61. The Morgan fingerprint density at radius 3 is 2.42 bits per heavy atom. The van der Waals surface area contributed by atoms with Gasteiger partial charge in [-0.25, -0.2) is 0 Å². The SMILES string of the molecule is CC(C)(C)OC(=O)CC(C=NCC(=O)OCc1ccccc1)=NN. The van der Waals surface area contributed by atoms with Crippen LogP contribution in [0.3, 0.4) is 0 Å². The van der Waals surface area contributed by atoms with Crippen molar-refractivity contribution in [1.29, 1.82) is 0 Å². The molecule has 0 aromatic heterocycles. The van der Waals surface area contributed by atoms with E-state index in [1.807, 2.05) is 30.3 Å². The first-order chi connectivity index (χ1) is 11.3. The van der Waals surface area contributed by atoms with Crippen LogP contribution in [0.2, 0.25) is 0 Å². The summed E-state index contributed by atoms with van der Waals surface area (Å²) in [7, 11) is 0. The highest BCUT2D eigenvalue weighted by Gasteiger charge is 2.17. The number of benzene rings is 1. The Balaban J connectivity index is 2.38. The van der Waals surface area contributed by atoms with Gasteiger partial charge in [-0.2, -0.15) is 5.10 Å². The van der Waals surface area contributed by atoms with Crippen molar-refractivity contribution >= 4 is 23.9 Å². The van der Waals surface area contributed by atoms with Gasteiger partial charge in [0.2, 0.25) is 0 Å². The molecule has 7 nitrogen and oxygen atoms in total. The smallest absolute Gasteiger partial charge is 0.328 e. The summed E-state index contributed by atoms with van der Waals surface area (Å²) in [5.74, 6) is 4.26. The van der Waals surface area contributed by atoms with Gasteiger partial charge in [-0.1, -0.05) is 30.3 Å². The molecular weight excluding hydrogens is 310 g/mol. The number of ether oxygens (including phenoxy) is 2. The first-order valence-electron chi connectivity index (χ1n) is 7.48. The average Bonchev–Trinajstić information content (AvgIpc) is 2.51. The number of hydrogen-bond donors (Lipinski definition) is 1. The summed E-state index contributed by atoms with van der Waals surface area (Å²) in [6.45, 7) is 5.30. The Bertz CT molecular complexity index is 604. The zero-order chi connectivity index (χ0) is 18.0. The van der Waals surface area contributed by atoms with Gasteiger partial charge in [0.25, 0.3) is 0 Å². The van der Waals surface area contributed by atoms with E-state index < -0.39 is 17.5 Å². The van der Waals surface area contributed by atoms with E-state index in [0.717, 1.165) is 5.56 Å². The lowest BCUT2D eigenvalue weighted by Gasteiger charge is -2.19. The Hall–Kier alpha value is -2.70. The minimum Gasteiger partial charge on any atom is -0.460 e. The van der Waals surface area contributed by atoms with Crippen molar-refractivity contribution < 1.29 is 19.1 Å². The third-order valence-corrected chi connectivity index (χ3v) is 2.61. The monoisotopic (exact) mass is 333 g/mol. The molecule has 1 aromatic rings. The molecule has 0 saturated heterocycles. The minimum atomic E-state index is -0.588. The predicted molar refractivity (Wildman–Crippen MR) is 91.7 cm³/mol. The van der Waals surface area contributed by atoms with E-state index >= 15 is 0 Å². The summed E-state index contributed by atoms with van der Waals surface area (Å²) in [4.78, 5) is 27.2. The summed E-state index contributed by atoms with van der Waals surface area (Å²) in [5.41, 5.74) is 0.527. The summed E-state index contributed by atoms with van der Waals surface area (Å²) in [6, 6.07) is 9.32. The molecule has 2 N–H and O–H groups in total. The largest absolute Gasteiger partial charge is 0.460 e. The highest BCUT2D eigenvalue weighted by molar-refractivity contribution is 6.34. The van der Waals surface area contributed by atoms with Gasteiger partial charge in [0.1, 0.15) is 18.8 Å². The van der Waals surface area contributed by atoms with E-state index in [1.54, 1.807) is 20.8 Å². The van der Waals surface area contributed by atoms with Crippen molar-refractivity contribution in [2.75, 3.05) is 6.54 Å². The average molecular weight is 333 g/mol. The second kappa shape index (κ2) is 9.44. The molecular formula is C17H23N3O4. The first-order valence-corrected chi connectivity index (χ1v) is 7.48. The lowest BCUT2D eigenvalue weighted by molar-refractivity contribution is -0.153. The van der Waals surface area contributed by atoms with Crippen LogP contribution in [0.25, 0.3) is 0 Å². The number of carbonyl (C=O) groups is 2. The molecule has 0 aliphatic rings. The van der Waals surface area contributed by atoms with Crippen molar-refractivity contribution in [1.82, 2.24) is 0 Å². The number of nitrogens with zero attached hydrogens (tertiary/aromatic N) is 2. The van der Waals surface area contributed by atoms with Crippen molar-refractivity contribution in [2.45, 2.75) is 39.4 Å². The zero-order valence-corrected chi connectivity index (χ0v) is 14.2. The summed E-state index contributed by atoms with van der Waals surface area (Å²) in [6.07, 6.45) is 1.16. The van der Waals surface area contributed by atoms with E-state index in [1.165, 1.54) is 6.21 Å². The Labute approximate surface area is 141 Å². The van der Waals surface area contributed by atoms with E-state index in [0.29, 0.717) is 0 Å². The maximum Gasteiger partial charge on any atom is 0.328 e. The first kappa shape index (κ1) is 19.3. The van der Waals surface area contributed by atoms with E-state index in [9.17, 15) is 9.59 Å². The van der Waals surface area contributed by atoms with Gasteiger partial charge in [0.05, 0.1) is 12.1 Å². The standard InChI is InChI=1S/C17H23N3O4/c1-17(2,3)24-15(21)9-14(20-18)10-19-11-16(22)23-12-13-7-5-4-6-8-13/h4-8,10H,9,11-12,18H2,1-3H3. The van der Waals surface area contributed by atoms with E-state index in [-0.39, 0.29) is 25.3 Å². The highest BCUT2D eigenvalue weighted by atomic mass is 16.6. The van der Waals surface area contributed by atoms with E-state index in [4.69, 9.17) is 15.3 Å². The van der Waals surface area contributed by atoms with Crippen molar-refractivity contribution in [3.05, 3.63) is 35.9 Å². The number of hydrogen-bond acceptors (Lipinski definition) is 7. The molecule has 0 spiro atoms. The van der Waals surface area contributed by atoms with Crippen LogP contribution in [-0.2, 0) is 25.7 Å². The molecule has 0 atom stereocenters. The predicted octanol–water partition coefficient (Wildman–Crippen LogP) is 1.85. The molecule has 0 radical (unpaired) electrons. The van der Waals surface area contributed by atoms with Gasteiger partial charge in [-0.05, 0) is 26.3 Å². The maximum absolute atomic E-state index is 11.7. The fourth-order valence-corrected chi connectivity index (χ4v) is 1.66. The summed E-state index contributed by atoms with van der Waals surface area (Å²) in [5, 5.41) is 3.46. The number of carbonyl (C=O) groups excluding carboxylic acids is 2. The van der Waals surface area contributed by atoms with Gasteiger partial charge in [-0.15, -0.1) is 0 Å². The van der Waals surface area contributed by atoms with Crippen LogP contribution in [0.4, 0.5) is 0 Å². The molecule has 0 aliphatic carbocycles. The zero-order valence-electron chi connectivity index (χ0n) is 14.2. The third-order valence-electron chi connectivity index (χ3n) is 2.61. The van der Waals surface area contributed by atoms with Crippen LogP contribution < -0.4 is 5.84 Å². The normalized spacial score (nSPS) is 12.2. The molecule has 0 unspecified atom stereocenters. The van der Waals surface area contributed by atoms with Gasteiger partial charge in [0.15, 0.2) is 0 Å². The van der Waals surface area contributed by atoms with Crippen LogP contribution in [0.15, 0.2) is 40.4 Å². The number of esters is 2. The fourth-order valence-electron chi connectivity index (χ4n) is 1.66. The number of rotatable bonds is 7. The Morgan fingerprint density at radius 1 is 1.17 bits per heavy atom. The third kappa shape index (κ3) is 8.67. The van der Waals surface area contributed by atoms with Gasteiger partial charge >= 0.3 is 11.9 Å². The number of aliphatic imine (C=N–C) groups is 1. The lowest BCUT2D eigenvalue weighted by atomic mass is 10.2. The van der Waals surface area contributed by atoms with Crippen molar-refractivity contribution in [3.8, 4) is 0 Å². The maximum atomic E-state index is 11.7. The van der Waals surface area contributed by atoms with Gasteiger partial charge < -0.3 is 15.3 Å². The molecule has 1 rings (SSSR count). The molecule has 0 saturated carbocycles. The molecule has 7 heteroatoms. The molecule has 0 amide bonds. The molecule has 1 aromatic carbocycles. The second-order valence-electron chi connectivity index (χ2n) is 6.00. The molecule has 130 valence electrons. The molecule has 0 fully saturated rings. The van der Waals surface area contributed by atoms with Crippen molar-refractivity contribution in [3.63, 3.8) is 0 Å². The van der Waals surface area contributed by atoms with Crippen LogP contribution >= 0.6 is 0 Å². The van der Waals surface area contributed by atoms with Gasteiger partial charge in [-0.3, -0.25) is 14.6 Å². The molecule has 0 aliphatic heterocycles. The van der Waals surface area contributed by atoms with Crippen LogP contribution in [0, 0.1) is 0 Å². The molecule has 24 heavy (non-hydrogen) atoms. The minimum absolute atomic E-state index is 0.115. The molecule has 0 heterocycles. The van der Waals surface area contributed by atoms with E-state index in [2.05, 4.69) is 10.1 Å². The van der Waals surface area contributed by atoms with Gasteiger partial charge in [0, 0.05) is 6.21 Å². The van der Waals surface area contributed by atoms with Crippen molar-refractivity contribution in [2.24, 2.45) is 15.9 Å².